The highest BCUT2D eigenvalue weighted by molar-refractivity contribution is 7.92. The molecule has 0 aromatic heterocycles. The van der Waals surface area contributed by atoms with E-state index in [1.807, 2.05) is 0 Å². The smallest absolute Gasteiger partial charge is 0.338 e. The zero-order chi connectivity index (χ0) is 22.6. The predicted octanol–water partition coefficient (Wildman–Crippen LogP) is 4.67. The van der Waals surface area contributed by atoms with E-state index in [-0.39, 0.29) is 27.7 Å². The number of sulfonamides is 1. The Labute approximate surface area is 184 Å². The van der Waals surface area contributed by atoms with E-state index in [1.54, 1.807) is 24.3 Å². The average Bonchev–Trinajstić information content (AvgIpc) is 2.78. The molecule has 0 aliphatic rings. The number of halogens is 2. The number of methoxy groups -OCH3 is 1. The first-order valence-corrected chi connectivity index (χ1v) is 10.9. The fraction of sp³-hybridized carbons (Fsp3) is 0.136. The molecule has 0 aliphatic heterocycles. The Kier molecular flexibility index (Phi) is 6.82. The standard InChI is InChI=1S/C22H19ClFNO5S/c1-25(16-9-11-17(29-2)12-10-16)31(27,28)18-6-3-5-15(13-18)22(26)30-14-19-20(23)7-4-8-21(19)24/h3-13H,14H2,1-2H3. The van der Waals surface area contributed by atoms with Gasteiger partial charge in [-0.05, 0) is 54.6 Å². The summed E-state index contributed by atoms with van der Waals surface area (Å²) in [5.41, 5.74) is 0.472. The topological polar surface area (TPSA) is 72.9 Å². The SMILES string of the molecule is COc1ccc(N(C)S(=O)(=O)c2cccc(C(=O)OCc3c(F)cccc3Cl)c2)cc1. The van der Waals surface area contributed by atoms with Crippen LogP contribution in [-0.4, -0.2) is 28.5 Å². The Morgan fingerprint density at radius 3 is 2.39 bits per heavy atom. The summed E-state index contributed by atoms with van der Waals surface area (Å²) in [6.07, 6.45) is 0. The van der Waals surface area contributed by atoms with Gasteiger partial charge in [0.05, 0.1) is 28.3 Å². The van der Waals surface area contributed by atoms with Crippen LogP contribution in [0, 0.1) is 5.82 Å². The van der Waals surface area contributed by atoms with Gasteiger partial charge in [-0.25, -0.2) is 17.6 Å². The summed E-state index contributed by atoms with van der Waals surface area (Å²) in [6.45, 7) is -0.382. The largest absolute Gasteiger partial charge is 0.497 e. The number of carbonyl (C=O) groups excluding carboxylic acids is 1. The minimum absolute atomic E-state index is 0.0108. The highest BCUT2D eigenvalue weighted by Crippen LogP contribution is 2.25. The molecule has 0 bridgehead atoms. The minimum atomic E-state index is -3.94. The zero-order valence-electron chi connectivity index (χ0n) is 16.7. The number of benzene rings is 3. The van der Waals surface area contributed by atoms with E-state index < -0.39 is 21.8 Å². The van der Waals surface area contributed by atoms with Crippen LogP contribution in [0.2, 0.25) is 5.02 Å². The van der Waals surface area contributed by atoms with E-state index in [0.717, 1.165) is 4.31 Å². The van der Waals surface area contributed by atoms with Gasteiger partial charge in [-0.1, -0.05) is 23.7 Å². The number of carbonyl (C=O) groups is 1. The van der Waals surface area contributed by atoms with Gasteiger partial charge in [0, 0.05) is 12.6 Å². The maximum absolute atomic E-state index is 13.9. The molecule has 0 N–H and O–H groups in total. The summed E-state index contributed by atoms with van der Waals surface area (Å²) in [6, 6.07) is 16.1. The quantitative estimate of drug-likeness (QED) is 0.476. The Bertz CT molecular complexity index is 1180. The molecule has 0 saturated heterocycles. The van der Waals surface area contributed by atoms with Gasteiger partial charge >= 0.3 is 5.97 Å². The highest BCUT2D eigenvalue weighted by Gasteiger charge is 2.23. The van der Waals surface area contributed by atoms with Crippen LogP contribution in [0.15, 0.2) is 71.6 Å². The molecule has 0 fully saturated rings. The summed E-state index contributed by atoms with van der Waals surface area (Å²) in [7, 11) is -1.03. The molecule has 0 radical (unpaired) electrons. The molecule has 0 heterocycles. The molecule has 0 unspecified atom stereocenters. The van der Waals surface area contributed by atoms with Gasteiger partial charge in [0.15, 0.2) is 0 Å². The summed E-state index contributed by atoms with van der Waals surface area (Å²) >= 11 is 5.93. The maximum atomic E-state index is 13.9. The lowest BCUT2D eigenvalue weighted by molar-refractivity contribution is 0.0469. The molecule has 3 aromatic rings. The van der Waals surface area contributed by atoms with Crippen LogP contribution < -0.4 is 9.04 Å². The Hall–Kier alpha value is -3.10. The monoisotopic (exact) mass is 463 g/mol. The minimum Gasteiger partial charge on any atom is -0.497 e. The van der Waals surface area contributed by atoms with Gasteiger partial charge in [-0.3, -0.25) is 4.31 Å². The molecule has 0 saturated carbocycles. The molecule has 0 aliphatic carbocycles. The van der Waals surface area contributed by atoms with E-state index in [1.165, 1.54) is 56.6 Å². The van der Waals surface area contributed by atoms with Crippen molar-refractivity contribution in [1.29, 1.82) is 0 Å². The second-order valence-corrected chi connectivity index (χ2v) is 8.85. The van der Waals surface area contributed by atoms with E-state index in [2.05, 4.69) is 0 Å². The van der Waals surface area contributed by atoms with Crippen molar-refractivity contribution in [3.63, 3.8) is 0 Å². The molecule has 3 rings (SSSR count). The third kappa shape index (κ3) is 4.98. The normalized spacial score (nSPS) is 11.1. The van der Waals surface area contributed by atoms with Gasteiger partial charge < -0.3 is 9.47 Å². The molecule has 6 nitrogen and oxygen atoms in total. The Balaban J connectivity index is 1.80. The first-order chi connectivity index (χ1) is 14.7. The van der Waals surface area contributed by atoms with Gasteiger partial charge in [0.25, 0.3) is 10.0 Å². The van der Waals surface area contributed by atoms with Crippen molar-refractivity contribution < 1.29 is 27.1 Å². The predicted molar refractivity (Wildman–Crippen MR) is 116 cm³/mol. The lowest BCUT2D eigenvalue weighted by Crippen LogP contribution is -2.26. The summed E-state index contributed by atoms with van der Waals surface area (Å²) in [5.74, 6) is -0.810. The van der Waals surface area contributed by atoms with Crippen molar-refractivity contribution in [2.24, 2.45) is 0 Å². The van der Waals surface area contributed by atoms with Crippen LogP contribution in [0.4, 0.5) is 10.1 Å². The zero-order valence-corrected chi connectivity index (χ0v) is 18.3. The number of hydrogen-bond donors (Lipinski definition) is 0. The van der Waals surface area contributed by atoms with E-state index in [0.29, 0.717) is 11.4 Å². The van der Waals surface area contributed by atoms with E-state index in [4.69, 9.17) is 21.1 Å². The van der Waals surface area contributed by atoms with Crippen molar-refractivity contribution >= 4 is 33.3 Å². The van der Waals surface area contributed by atoms with Crippen molar-refractivity contribution in [1.82, 2.24) is 0 Å². The molecular formula is C22H19ClFNO5S. The summed E-state index contributed by atoms with van der Waals surface area (Å²) in [5, 5.41) is 0.130. The second-order valence-electron chi connectivity index (χ2n) is 6.47. The number of ether oxygens (including phenoxy) is 2. The van der Waals surface area contributed by atoms with Crippen LogP contribution in [0.1, 0.15) is 15.9 Å². The number of anilines is 1. The number of esters is 1. The number of rotatable bonds is 7. The molecule has 0 atom stereocenters. The Morgan fingerprint density at radius 2 is 1.74 bits per heavy atom. The Morgan fingerprint density at radius 1 is 1.06 bits per heavy atom. The van der Waals surface area contributed by atoms with Crippen LogP contribution in [0.25, 0.3) is 0 Å². The van der Waals surface area contributed by atoms with Crippen molar-refractivity contribution in [2.45, 2.75) is 11.5 Å². The van der Waals surface area contributed by atoms with E-state index >= 15 is 0 Å². The van der Waals surface area contributed by atoms with Crippen molar-refractivity contribution in [3.8, 4) is 5.75 Å². The number of hydrogen-bond acceptors (Lipinski definition) is 5. The first kappa shape index (κ1) is 22.6. The lowest BCUT2D eigenvalue weighted by atomic mass is 10.2. The van der Waals surface area contributed by atoms with Gasteiger partial charge in [0.2, 0.25) is 0 Å². The lowest BCUT2D eigenvalue weighted by Gasteiger charge is -2.20. The third-order valence-corrected chi connectivity index (χ3v) is 6.71. The molecule has 0 spiro atoms. The van der Waals surface area contributed by atoms with Crippen LogP contribution in [0.5, 0.6) is 5.75 Å². The van der Waals surface area contributed by atoms with Gasteiger partial charge in [-0.15, -0.1) is 0 Å². The van der Waals surface area contributed by atoms with Crippen LogP contribution in [-0.2, 0) is 21.4 Å². The molecule has 162 valence electrons. The molecule has 31 heavy (non-hydrogen) atoms. The fourth-order valence-electron chi connectivity index (χ4n) is 2.76. The molecule has 0 amide bonds. The van der Waals surface area contributed by atoms with E-state index in [9.17, 15) is 17.6 Å². The van der Waals surface area contributed by atoms with Gasteiger partial charge in [-0.2, -0.15) is 0 Å². The maximum Gasteiger partial charge on any atom is 0.338 e. The molecular weight excluding hydrogens is 445 g/mol. The van der Waals surface area contributed by atoms with Crippen molar-refractivity contribution in [3.05, 3.63) is 88.7 Å². The second kappa shape index (κ2) is 9.36. The van der Waals surface area contributed by atoms with Crippen LogP contribution >= 0.6 is 11.6 Å². The third-order valence-electron chi connectivity index (χ3n) is 4.57. The van der Waals surface area contributed by atoms with Gasteiger partial charge in [0.1, 0.15) is 18.2 Å². The highest BCUT2D eigenvalue weighted by atomic mass is 35.5. The molecule has 9 heteroatoms. The summed E-state index contributed by atoms with van der Waals surface area (Å²) in [4.78, 5) is 12.3. The number of nitrogens with zero attached hydrogens (tertiary/aromatic N) is 1. The molecule has 3 aromatic carbocycles. The fourth-order valence-corrected chi connectivity index (χ4v) is 4.22. The van der Waals surface area contributed by atoms with Crippen molar-refractivity contribution in [2.75, 3.05) is 18.5 Å². The van der Waals surface area contributed by atoms with Crippen LogP contribution in [0.3, 0.4) is 0 Å². The first-order valence-electron chi connectivity index (χ1n) is 9.07. The summed E-state index contributed by atoms with van der Waals surface area (Å²) < 4.78 is 51.2. The average molecular weight is 464 g/mol.